The quantitative estimate of drug-likeness (QED) is 0.738. The fourth-order valence-corrected chi connectivity index (χ4v) is 5.94. The molecule has 0 unspecified atom stereocenters. The van der Waals surface area contributed by atoms with Gasteiger partial charge in [-0.3, -0.25) is 0 Å². The van der Waals surface area contributed by atoms with E-state index >= 15 is 0 Å². The SMILES string of the molecule is CCN(C1CC1)S(=O)(=O)c1ccc(S(=O)(=O)N2CCOCC2)cc1. The average molecular weight is 374 g/mol. The number of morpholine rings is 1. The molecule has 1 aromatic carbocycles. The van der Waals surface area contributed by atoms with Crippen molar-refractivity contribution in [3.63, 3.8) is 0 Å². The second kappa shape index (κ2) is 6.72. The molecule has 24 heavy (non-hydrogen) atoms. The van der Waals surface area contributed by atoms with Gasteiger partial charge in [0.1, 0.15) is 0 Å². The zero-order chi connectivity index (χ0) is 17.4. The van der Waals surface area contributed by atoms with Crippen molar-refractivity contribution < 1.29 is 21.6 Å². The predicted octanol–water partition coefficient (Wildman–Crippen LogP) is 0.881. The lowest BCUT2D eigenvalue weighted by molar-refractivity contribution is 0.0730. The van der Waals surface area contributed by atoms with Crippen LogP contribution in [0.4, 0.5) is 0 Å². The van der Waals surface area contributed by atoms with Gasteiger partial charge in [0.2, 0.25) is 20.0 Å². The van der Waals surface area contributed by atoms with E-state index in [0.29, 0.717) is 32.8 Å². The van der Waals surface area contributed by atoms with Crippen molar-refractivity contribution in [1.29, 1.82) is 0 Å². The van der Waals surface area contributed by atoms with Crippen molar-refractivity contribution in [2.75, 3.05) is 32.8 Å². The van der Waals surface area contributed by atoms with E-state index in [-0.39, 0.29) is 15.8 Å². The minimum absolute atomic E-state index is 0.0803. The first-order valence-electron chi connectivity index (χ1n) is 8.07. The Labute approximate surface area is 143 Å². The van der Waals surface area contributed by atoms with Gasteiger partial charge in [0.05, 0.1) is 23.0 Å². The first kappa shape index (κ1) is 17.8. The molecule has 0 bridgehead atoms. The summed E-state index contributed by atoms with van der Waals surface area (Å²) >= 11 is 0. The van der Waals surface area contributed by atoms with Crippen molar-refractivity contribution in [3.8, 4) is 0 Å². The van der Waals surface area contributed by atoms with E-state index in [2.05, 4.69) is 0 Å². The van der Waals surface area contributed by atoms with Crippen LogP contribution in [0.15, 0.2) is 34.1 Å². The smallest absolute Gasteiger partial charge is 0.243 e. The second-order valence-corrected chi connectivity index (χ2v) is 9.76. The Morgan fingerprint density at radius 2 is 1.58 bits per heavy atom. The van der Waals surface area contributed by atoms with Gasteiger partial charge in [-0.25, -0.2) is 16.8 Å². The van der Waals surface area contributed by atoms with E-state index in [4.69, 9.17) is 4.74 Å². The van der Waals surface area contributed by atoms with Crippen LogP contribution in [0.2, 0.25) is 0 Å². The highest BCUT2D eigenvalue weighted by Gasteiger charge is 2.37. The average Bonchev–Trinajstić information content (AvgIpc) is 3.41. The predicted molar refractivity (Wildman–Crippen MR) is 88.6 cm³/mol. The van der Waals surface area contributed by atoms with Gasteiger partial charge in [-0.05, 0) is 37.1 Å². The molecule has 1 aromatic rings. The molecule has 3 rings (SSSR count). The monoisotopic (exact) mass is 374 g/mol. The molecule has 0 spiro atoms. The van der Waals surface area contributed by atoms with Crippen LogP contribution >= 0.6 is 0 Å². The zero-order valence-corrected chi connectivity index (χ0v) is 15.2. The lowest BCUT2D eigenvalue weighted by Crippen LogP contribution is -2.40. The lowest BCUT2D eigenvalue weighted by atomic mass is 10.4. The fourth-order valence-electron chi connectivity index (χ4n) is 2.84. The van der Waals surface area contributed by atoms with Crippen LogP contribution in [0, 0.1) is 0 Å². The Kier molecular flexibility index (Phi) is 4.99. The molecule has 2 aliphatic rings. The molecule has 7 nitrogen and oxygen atoms in total. The first-order chi connectivity index (χ1) is 11.4. The van der Waals surface area contributed by atoms with Gasteiger partial charge < -0.3 is 4.74 Å². The third kappa shape index (κ3) is 3.36. The topological polar surface area (TPSA) is 84.0 Å². The highest BCUT2D eigenvalue weighted by Crippen LogP contribution is 2.32. The minimum Gasteiger partial charge on any atom is -0.379 e. The van der Waals surface area contributed by atoms with Crippen LogP contribution in [-0.2, 0) is 24.8 Å². The molecule has 0 atom stereocenters. The van der Waals surface area contributed by atoms with Gasteiger partial charge in [-0.15, -0.1) is 0 Å². The van der Waals surface area contributed by atoms with E-state index in [1.807, 2.05) is 6.92 Å². The summed E-state index contributed by atoms with van der Waals surface area (Å²) in [6, 6.07) is 5.59. The summed E-state index contributed by atoms with van der Waals surface area (Å²) in [5.41, 5.74) is 0. The zero-order valence-electron chi connectivity index (χ0n) is 13.6. The van der Waals surface area contributed by atoms with Crippen molar-refractivity contribution in [2.45, 2.75) is 35.6 Å². The van der Waals surface area contributed by atoms with Crippen LogP contribution in [-0.4, -0.2) is 64.3 Å². The summed E-state index contributed by atoms with van der Waals surface area (Å²) in [6.45, 7) is 3.60. The normalized spacial score (nSPS) is 20.4. The molecule has 0 radical (unpaired) electrons. The van der Waals surface area contributed by atoms with Gasteiger partial charge in [0.25, 0.3) is 0 Å². The molecule has 0 aromatic heterocycles. The van der Waals surface area contributed by atoms with E-state index in [1.54, 1.807) is 0 Å². The van der Waals surface area contributed by atoms with Crippen LogP contribution in [0.1, 0.15) is 19.8 Å². The number of nitrogens with zero attached hydrogens (tertiary/aromatic N) is 2. The summed E-state index contributed by atoms with van der Waals surface area (Å²) in [7, 11) is -7.18. The maximum atomic E-state index is 12.7. The van der Waals surface area contributed by atoms with Gasteiger partial charge in [0, 0.05) is 25.7 Å². The van der Waals surface area contributed by atoms with Crippen molar-refractivity contribution in [1.82, 2.24) is 8.61 Å². The Morgan fingerprint density at radius 3 is 2.08 bits per heavy atom. The van der Waals surface area contributed by atoms with Crippen LogP contribution in [0.5, 0.6) is 0 Å². The van der Waals surface area contributed by atoms with Crippen molar-refractivity contribution in [2.24, 2.45) is 0 Å². The van der Waals surface area contributed by atoms with Gasteiger partial charge in [-0.1, -0.05) is 6.92 Å². The standard InChI is InChI=1S/C15H22N2O5S2/c1-2-17(13-3-4-13)24(20,21)15-7-5-14(6-8-15)23(18,19)16-9-11-22-12-10-16/h5-8,13H,2-4,9-12H2,1H3. The van der Waals surface area contributed by atoms with E-state index in [0.717, 1.165) is 12.8 Å². The van der Waals surface area contributed by atoms with Gasteiger partial charge in [0.15, 0.2) is 0 Å². The summed E-state index contributed by atoms with van der Waals surface area (Å²) in [6.07, 6.45) is 1.77. The highest BCUT2D eigenvalue weighted by atomic mass is 32.2. The van der Waals surface area contributed by atoms with Crippen molar-refractivity contribution >= 4 is 20.0 Å². The third-order valence-electron chi connectivity index (χ3n) is 4.30. The van der Waals surface area contributed by atoms with Crippen LogP contribution < -0.4 is 0 Å². The molecule has 0 N–H and O–H groups in total. The van der Waals surface area contributed by atoms with Crippen LogP contribution in [0.25, 0.3) is 0 Å². The third-order valence-corrected chi connectivity index (χ3v) is 8.26. The molecule has 2 fully saturated rings. The molecule has 0 amide bonds. The van der Waals surface area contributed by atoms with E-state index in [1.165, 1.54) is 32.9 Å². The molecule has 1 aliphatic carbocycles. The Hall–Kier alpha value is -1.00. The molecule has 9 heteroatoms. The molecular formula is C15H22N2O5S2. The van der Waals surface area contributed by atoms with Gasteiger partial charge >= 0.3 is 0 Å². The molecular weight excluding hydrogens is 352 g/mol. The summed E-state index contributed by atoms with van der Waals surface area (Å²) < 4.78 is 58.5. The Balaban J connectivity index is 1.85. The number of sulfonamides is 2. The molecule has 1 saturated heterocycles. The Morgan fingerprint density at radius 1 is 1.04 bits per heavy atom. The van der Waals surface area contributed by atoms with E-state index < -0.39 is 20.0 Å². The number of benzene rings is 1. The maximum absolute atomic E-state index is 12.7. The number of hydrogen-bond donors (Lipinski definition) is 0. The molecule has 1 saturated carbocycles. The fraction of sp³-hybridized carbons (Fsp3) is 0.600. The minimum atomic E-state index is -3.61. The largest absolute Gasteiger partial charge is 0.379 e. The summed E-state index contributed by atoms with van der Waals surface area (Å²) in [5.74, 6) is 0. The maximum Gasteiger partial charge on any atom is 0.243 e. The summed E-state index contributed by atoms with van der Waals surface area (Å²) in [5, 5.41) is 0. The first-order valence-corrected chi connectivity index (χ1v) is 10.9. The number of hydrogen-bond acceptors (Lipinski definition) is 5. The highest BCUT2D eigenvalue weighted by molar-refractivity contribution is 7.89. The molecule has 1 heterocycles. The number of rotatable bonds is 6. The molecule has 1 aliphatic heterocycles. The Bertz CT molecular complexity index is 780. The lowest BCUT2D eigenvalue weighted by Gasteiger charge is -2.26. The molecule has 134 valence electrons. The summed E-state index contributed by atoms with van der Waals surface area (Å²) in [4.78, 5) is 0.245. The van der Waals surface area contributed by atoms with E-state index in [9.17, 15) is 16.8 Å². The van der Waals surface area contributed by atoms with Crippen molar-refractivity contribution in [3.05, 3.63) is 24.3 Å². The van der Waals surface area contributed by atoms with Crippen LogP contribution in [0.3, 0.4) is 0 Å². The van der Waals surface area contributed by atoms with Gasteiger partial charge in [-0.2, -0.15) is 8.61 Å². The second-order valence-electron chi connectivity index (χ2n) is 5.93. The number of ether oxygens (including phenoxy) is 1.